The molecule has 1 saturated heterocycles. The summed E-state index contributed by atoms with van der Waals surface area (Å²) in [6, 6.07) is 16.0. The second kappa shape index (κ2) is 8.50. The summed E-state index contributed by atoms with van der Waals surface area (Å²) in [5, 5.41) is 3.86. The van der Waals surface area contributed by atoms with Crippen LogP contribution in [0.25, 0.3) is 0 Å². The van der Waals surface area contributed by atoms with E-state index in [0.717, 1.165) is 55.2 Å². The van der Waals surface area contributed by atoms with Gasteiger partial charge in [0.25, 0.3) is 0 Å². The van der Waals surface area contributed by atoms with E-state index >= 15 is 0 Å². The summed E-state index contributed by atoms with van der Waals surface area (Å²) in [5.41, 5.74) is 3.28. The van der Waals surface area contributed by atoms with Gasteiger partial charge in [-0.25, -0.2) is 0 Å². The van der Waals surface area contributed by atoms with E-state index in [2.05, 4.69) is 35.3 Å². The fourth-order valence-electron chi connectivity index (χ4n) is 3.35. The predicted octanol–water partition coefficient (Wildman–Crippen LogP) is 4.75. The zero-order valence-corrected chi connectivity index (χ0v) is 15.4. The molecule has 4 heteroatoms. The van der Waals surface area contributed by atoms with Gasteiger partial charge in [0.2, 0.25) is 5.91 Å². The number of likely N-dealkylation sites (tertiary alicyclic amines) is 1. The number of nitrogens with zero attached hydrogens (tertiary/aromatic N) is 1. The minimum absolute atomic E-state index is 0.0297. The van der Waals surface area contributed by atoms with Crippen LogP contribution in [0.3, 0.4) is 0 Å². The fourth-order valence-corrected chi connectivity index (χ4v) is 3.54. The van der Waals surface area contributed by atoms with E-state index < -0.39 is 0 Å². The second-order valence-electron chi connectivity index (χ2n) is 6.71. The number of carbonyl (C=O) groups excluding carboxylic acids is 1. The summed E-state index contributed by atoms with van der Waals surface area (Å²) in [6.07, 6.45) is 2.99. The molecule has 1 heterocycles. The fraction of sp³-hybridized carbons (Fsp3) is 0.381. The minimum Gasteiger partial charge on any atom is -0.326 e. The molecule has 3 nitrogen and oxygen atoms in total. The molecule has 1 aliphatic rings. The Balaban J connectivity index is 1.58. The highest BCUT2D eigenvalue weighted by molar-refractivity contribution is 6.31. The highest BCUT2D eigenvalue weighted by atomic mass is 35.5. The number of rotatable bonds is 5. The first-order valence-electron chi connectivity index (χ1n) is 9.01. The van der Waals surface area contributed by atoms with Crippen LogP contribution in [-0.2, 0) is 17.8 Å². The number of anilines is 1. The highest BCUT2D eigenvalue weighted by Crippen LogP contribution is 2.23. The molecule has 1 fully saturated rings. The first kappa shape index (κ1) is 18.0. The number of hydrogen-bond donors (Lipinski definition) is 1. The summed E-state index contributed by atoms with van der Waals surface area (Å²) in [6.45, 7) is 4.72. The van der Waals surface area contributed by atoms with Crippen LogP contribution in [0, 0.1) is 5.92 Å². The Morgan fingerprint density at radius 1 is 1.20 bits per heavy atom. The lowest BCUT2D eigenvalue weighted by molar-refractivity contribution is -0.121. The van der Waals surface area contributed by atoms with Crippen molar-refractivity contribution in [3.05, 3.63) is 64.7 Å². The average Bonchev–Trinajstić information content (AvgIpc) is 2.64. The molecule has 132 valence electrons. The van der Waals surface area contributed by atoms with Gasteiger partial charge in [-0.3, -0.25) is 9.69 Å². The maximum Gasteiger partial charge on any atom is 0.228 e. The SMILES string of the molecule is CCc1ccc(NC(=O)C2CCCN(Cc3ccccc3Cl)C2)cc1. The van der Waals surface area contributed by atoms with Crippen molar-refractivity contribution in [2.45, 2.75) is 32.7 Å². The van der Waals surface area contributed by atoms with Crippen molar-refractivity contribution in [3.63, 3.8) is 0 Å². The number of aryl methyl sites for hydroxylation is 1. The number of hydrogen-bond acceptors (Lipinski definition) is 2. The third kappa shape index (κ3) is 4.83. The third-order valence-electron chi connectivity index (χ3n) is 4.86. The van der Waals surface area contributed by atoms with Gasteiger partial charge in [-0.1, -0.05) is 48.9 Å². The summed E-state index contributed by atoms with van der Waals surface area (Å²) < 4.78 is 0. The Morgan fingerprint density at radius 2 is 1.96 bits per heavy atom. The van der Waals surface area contributed by atoms with Gasteiger partial charge < -0.3 is 5.32 Å². The van der Waals surface area contributed by atoms with Crippen molar-refractivity contribution in [3.8, 4) is 0 Å². The monoisotopic (exact) mass is 356 g/mol. The molecule has 1 atom stereocenters. The molecule has 2 aromatic rings. The molecule has 2 aromatic carbocycles. The zero-order valence-electron chi connectivity index (χ0n) is 14.7. The predicted molar refractivity (Wildman–Crippen MR) is 104 cm³/mol. The summed E-state index contributed by atoms with van der Waals surface area (Å²) in [5.74, 6) is 0.148. The van der Waals surface area contributed by atoms with Crippen LogP contribution in [0.2, 0.25) is 5.02 Å². The van der Waals surface area contributed by atoms with Crippen molar-refractivity contribution in [1.29, 1.82) is 0 Å². The van der Waals surface area contributed by atoms with Crippen molar-refractivity contribution in [2.75, 3.05) is 18.4 Å². The van der Waals surface area contributed by atoms with Crippen LogP contribution in [0.5, 0.6) is 0 Å². The smallest absolute Gasteiger partial charge is 0.228 e. The van der Waals surface area contributed by atoms with Crippen LogP contribution in [0.1, 0.15) is 30.9 Å². The number of carbonyl (C=O) groups is 1. The number of halogens is 1. The number of piperidine rings is 1. The van der Waals surface area contributed by atoms with E-state index in [1.54, 1.807) is 0 Å². The van der Waals surface area contributed by atoms with Gasteiger partial charge in [-0.05, 0) is 55.1 Å². The summed E-state index contributed by atoms with van der Waals surface area (Å²) >= 11 is 6.27. The Bertz CT molecular complexity index is 714. The maximum absolute atomic E-state index is 12.6. The Kier molecular flexibility index (Phi) is 6.11. The van der Waals surface area contributed by atoms with Gasteiger partial charge in [0.1, 0.15) is 0 Å². The lowest BCUT2D eigenvalue weighted by atomic mass is 9.96. The van der Waals surface area contributed by atoms with Crippen LogP contribution in [0.4, 0.5) is 5.69 Å². The molecule has 1 N–H and O–H groups in total. The molecule has 1 aliphatic heterocycles. The number of amides is 1. The number of nitrogens with one attached hydrogen (secondary N) is 1. The van der Waals surface area contributed by atoms with Crippen molar-refractivity contribution >= 4 is 23.2 Å². The Hall–Kier alpha value is -1.84. The first-order chi connectivity index (χ1) is 12.2. The molecule has 0 spiro atoms. The molecule has 1 unspecified atom stereocenters. The van der Waals surface area contributed by atoms with Gasteiger partial charge in [0, 0.05) is 23.8 Å². The minimum atomic E-state index is 0.0297. The van der Waals surface area contributed by atoms with Gasteiger partial charge in [0.05, 0.1) is 5.92 Å². The molecule has 0 radical (unpaired) electrons. The van der Waals surface area contributed by atoms with Gasteiger partial charge in [-0.15, -0.1) is 0 Å². The van der Waals surface area contributed by atoms with Gasteiger partial charge in [0.15, 0.2) is 0 Å². The highest BCUT2D eigenvalue weighted by Gasteiger charge is 2.26. The molecular formula is C21H25ClN2O. The summed E-state index contributed by atoms with van der Waals surface area (Å²) in [7, 11) is 0. The lowest BCUT2D eigenvalue weighted by Gasteiger charge is -2.32. The molecule has 0 saturated carbocycles. The van der Waals surface area contributed by atoms with Crippen LogP contribution in [0.15, 0.2) is 48.5 Å². The standard InChI is InChI=1S/C21H25ClN2O/c1-2-16-9-11-19(12-10-16)23-21(25)18-7-5-13-24(15-18)14-17-6-3-4-8-20(17)22/h3-4,6,8-12,18H,2,5,7,13-15H2,1H3,(H,23,25). The topological polar surface area (TPSA) is 32.3 Å². The van der Waals surface area contributed by atoms with Crippen LogP contribution >= 0.6 is 11.6 Å². The molecular weight excluding hydrogens is 332 g/mol. The molecule has 3 rings (SSSR count). The normalized spacial score (nSPS) is 18.1. The van der Waals surface area contributed by atoms with E-state index in [1.807, 2.05) is 30.3 Å². The van der Waals surface area contributed by atoms with E-state index in [4.69, 9.17) is 11.6 Å². The largest absolute Gasteiger partial charge is 0.326 e. The first-order valence-corrected chi connectivity index (χ1v) is 9.39. The van der Waals surface area contributed by atoms with E-state index in [0.29, 0.717) is 0 Å². The Morgan fingerprint density at radius 3 is 2.68 bits per heavy atom. The van der Waals surface area contributed by atoms with Crippen molar-refractivity contribution < 1.29 is 4.79 Å². The molecule has 25 heavy (non-hydrogen) atoms. The molecule has 0 aromatic heterocycles. The van der Waals surface area contributed by atoms with Crippen LogP contribution < -0.4 is 5.32 Å². The quantitative estimate of drug-likeness (QED) is 0.838. The van der Waals surface area contributed by atoms with E-state index in [-0.39, 0.29) is 11.8 Å². The molecule has 1 amide bonds. The van der Waals surface area contributed by atoms with E-state index in [1.165, 1.54) is 5.56 Å². The molecule has 0 bridgehead atoms. The molecule has 0 aliphatic carbocycles. The average molecular weight is 357 g/mol. The zero-order chi connectivity index (χ0) is 17.6. The van der Waals surface area contributed by atoms with Crippen molar-refractivity contribution in [2.24, 2.45) is 5.92 Å². The second-order valence-corrected chi connectivity index (χ2v) is 7.11. The third-order valence-corrected chi connectivity index (χ3v) is 5.23. The van der Waals surface area contributed by atoms with Crippen molar-refractivity contribution in [1.82, 2.24) is 4.90 Å². The van der Waals surface area contributed by atoms with Gasteiger partial charge in [-0.2, -0.15) is 0 Å². The Labute approximate surface area is 155 Å². The maximum atomic E-state index is 12.6. The van der Waals surface area contributed by atoms with Gasteiger partial charge >= 0.3 is 0 Å². The van der Waals surface area contributed by atoms with Crippen LogP contribution in [-0.4, -0.2) is 23.9 Å². The number of benzene rings is 2. The lowest BCUT2D eigenvalue weighted by Crippen LogP contribution is -2.40. The van der Waals surface area contributed by atoms with E-state index in [9.17, 15) is 4.79 Å². The summed E-state index contributed by atoms with van der Waals surface area (Å²) in [4.78, 5) is 15.0.